The molecular weight excluding hydrogens is 422 g/mol. The van der Waals surface area contributed by atoms with Gasteiger partial charge in [0.05, 0.1) is 6.61 Å². The number of aromatic hydroxyl groups is 1. The van der Waals surface area contributed by atoms with Gasteiger partial charge in [0.1, 0.15) is 34.9 Å². The van der Waals surface area contributed by atoms with Crippen molar-refractivity contribution in [2.75, 3.05) is 19.8 Å². The molecule has 0 heterocycles. The Morgan fingerprint density at radius 3 is 2.07 bits per heavy atom. The number of benzene rings is 2. The van der Waals surface area contributed by atoms with Crippen molar-refractivity contribution >= 4 is 15.9 Å². The number of phenolic OH excluding ortho intramolecular Hbond substituents is 1. The molecule has 0 aliphatic rings. The first-order valence-electron chi connectivity index (χ1n) is 8.99. The lowest BCUT2D eigenvalue weighted by molar-refractivity contribution is 0.240. The van der Waals surface area contributed by atoms with Crippen LogP contribution >= 0.6 is 15.9 Å². The van der Waals surface area contributed by atoms with Crippen molar-refractivity contribution < 1.29 is 19.7 Å². The molecule has 0 spiro atoms. The summed E-state index contributed by atoms with van der Waals surface area (Å²) in [6.45, 7) is 8.65. The van der Waals surface area contributed by atoms with Crippen LogP contribution in [0.5, 0.6) is 17.2 Å². The normalized spacial score (nSPS) is 11.6. The molecule has 0 amide bonds. The SMILES string of the molecule is C=CCOc1cc(CN[C@H](CO)Cc2ccc(O)cc2)cc(OCC=C)c1Br. The summed E-state index contributed by atoms with van der Waals surface area (Å²) in [5, 5.41) is 22.5. The van der Waals surface area contributed by atoms with E-state index in [9.17, 15) is 10.2 Å². The van der Waals surface area contributed by atoms with Crippen LogP contribution in [-0.4, -0.2) is 36.1 Å². The number of aliphatic hydroxyl groups excluding tert-OH is 1. The summed E-state index contributed by atoms with van der Waals surface area (Å²) in [6, 6.07) is 10.7. The third-order valence-corrected chi connectivity index (χ3v) is 4.79. The number of nitrogens with one attached hydrogen (secondary N) is 1. The van der Waals surface area contributed by atoms with Gasteiger partial charge >= 0.3 is 0 Å². The summed E-state index contributed by atoms with van der Waals surface area (Å²) in [4.78, 5) is 0. The standard InChI is InChI=1S/C22H26BrNO4/c1-3-9-27-20-12-17(13-21(22(20)23)28-10-4-2)14-24-18(15-25)11-16-5-7-19(26)8-6-16/h3-8,12-13,18,24-26H,1-2,9-11,14-15H2/t18-/m0/s1. The van der Waals surface area contributed by atoms with Gasteiger partial charge < -0.3 is 25.0 Å². The van der Waals surface area contributed by atoms with Crippen molar-refractivity contribution in [2.24, 2.45) is 0 Å². The molecule has 2 aromatic rings. The zero-order valence-corrected chi connectivity index (χ0v) is 17.3. The molecule has 2 rings (SSSR count). The van der Waals surface area contributed by atoms with Gasteiger partial charge in [-0.1, -0.05) is 37.4 Å². The van der Waals surface area contributed by atoms with Crippen molar-refractivity contribution in [3.05, 3.63) is 77.3 Å². The minimum atomic E-state index is -0.122. The molecule has 6 heteroatoms. The van der Waals surface area contributed by atoms with E-state index >= 15 is 0 Å². The van der Waals surface area contributed by atoms with Crippen LogP contribution in [-0.2, 0) is 13.0 Å². The van der Waals surface area contributed by atoms with Gasteiger partial charge in [-0.15, -0.1) is 0 Å². The van der Waals surface area contributed by atoms with E-state index in [0.717, 1.165) is 15.6 Å². The Morgan fingerprint density at radius 2 is 1.57 bits per heavy atom. The fraction of sp³-hybridized carbons (Fsp3) is 0.273. The Kier molecular flexibility index (Phi) is 9.07. The molecule has 1 atom stereocenters. The molecule has 0 fully saturated rings. The highest BCUT2D eigenvalue weighted by molar-refractivity contribution is 9.10. The number of halogens is 1. The molecule has 0 saturated carbocycles. The van der Waals surface area contributed by atoms with E-state index in [1.165, 1.54) is 0 Å². The number of rotatable bonds is 12. The number of aliphatic hydroxyl groups is 1. The van der Waals surface area contributed by atoms with Gasteiger partial charge in [0.15, 0.2) is 0 Å². The lowest BCUT2D eigenvalue weighted by Gasteiger charge is -2.18. The van der Waals surface area contributed by atoms with Crippen molar-refractivity contribution in [2.45, 2.75) is 19.0 Å². The van der Waals surface area contributed by atoms with Crippen LogP contribution in [0.2, 0.25) is 0 Å². The molecule has 2 aromatic carbocycles. The smallest absolute Gasteiger partial charge is 0.138 e. The Morgan fingerprint density at radius 1 is 1.00 bits per heavy atom. The average molecular weight is 448 g/mol. The maximum absolute atomic E-state index is 9.71. The van der Waals surface area contributed by atoms with Crippen LogP contribution in [0, 0.1) is 0 Å². The summed E-state index contributed by atoms with van der Waals surface area (Å²) in [7, 11) is 0. The van der Waals surface area contributed by atoms with E-state index in [1.54, 1.807) is 24.3 Å². The molecule has 28 heavy (non-hydrogen) atoms. The molecule has 0 aliphatic carbocycles. The first-order valence-corrected chi connectivity index (χ1v) is 9.78. The van der Waals surface area contributed by atoms with Gasteiger partial charge in [-0.2, -0.15) is 0 Å². The highest BCUT2D eigenvalue weighted by Crippen LogP contribution is 2.36. The second-order valence-corrected chi connectivity index (χ2v) is 7.03. The van der Waals surface area contributed by atoms with Crippen LogP contribution in [0.15, 0.2) is 66.2 Å². The summed E-state index contributed by atoms with van der Waals surface area (Å²) in [6.07, 6.45) is 4.01. The monoisotopic (exact) mass is 447 g/mol. The Balaban J connectivity index is 2.10. The lowest BCUT2D eigenvalue weighted by atomic mass is 10.1. The van der Waals surface area contributed by atoms with Gasteiger partial charge in [-0.25, -0.2) is 0 Å². The van der Waals surface area contributed by atoms with Crippen molar-refractivity contribution in [3.63, 3.8) is 0 Å². The highest BCUT2D eigenvalue weighted by atomic mass is 79.9. The third kappa shape index (κ3) is 6.71. The Labute approximate surface area is 174 Å². The van der Waals surface area contributed by atoms with Crippen LogP contribution < -0.4 is 14.8 Å². The van der Waals surface area contributed by atoms with Crippen LogP contribution in [0.3, 0.4) is 0 Å². The zero-order chi connectivity index (χ0) is 20.4. The molecule has 5 nitrogen and oxygen atoms in total. The van der Waals surface area contributed by atoms with Gasteiger partial charge in [0.25, 0.3) is 0 Å². The molecule has 0 aliphatic heterocycles. The van der Waals surface area contributed by atoms with Crippen molar-refractivity contribution in [3.8, 4) is 17.2 Å². The fourth-order valence-corrected chi connectivity index (χ4v) is 3.07. The maximum Gasteiger partial charge on any atom is 0.138 e. The van der Waals surface area contributed by atoms with E-state index in [1.807, 2.05) is 24.3 Å². The summed E-state index contributed by atoms with van der Waals surface area (Å²) >= 11 is 3.52. The van der Waals surface area contributed by atoms with Gasteiger partial charge in [-0.3, -0.25) is 0 Å². The van der Waals surface area contributed by atoms with Crippen molar-refractivity contribution in [1.82, 2.24) is 5.32 Å². The van der Waals surface area contributed by atoms with Crippen LogP contribution in [0.1, 0.15) is 11.1 Å². The fourth-order valence-electron chi connectivity index (χ4n) is 2.62. The molecular formula is C22H26BrNO4. The number of hydrogen-bond donors (Lipinski definition) is 3. The van der Waals surface area contributed by atoms with E-state index in [2.05, 4.69) is 34.4 Å². The van der Waals surface area contributed by atoms with E-state index < -0.39 is 0 Å². The zero-order valence-electron chi connectivity index (χ0n) is 15.7. The molecule has 0 unspecified atom stereocenters. The highest BCUT2D eigenvalue weighted by Gasteiger charge is 2.13. The predicted molar refractivity (Wildman–Crippen MR) is 115 cm³/mol. The molecule has 0 aromatic heterocycles. The van der Waals surface area contributed by atoms with E-state index in [0.29, 0.717) is 37.7 Å². The lowest BCUT2D eigenvalue weighted by Crippen LogP contribution is -2.34. The third-order valence-electron chi connectivity index (χ3n) is 4.01. The maximum atomic E-state index is 9.71. The topological polar surface area (TPSA) is 71.0 Å². The number of hydrogen-bond acceptors (Lipinski definition) is 5. The Bertz CT molecular complexity index is 744. The molecule has 0 bridgehead atoms. The van der Waals surface area contributed by atoms with Gasteiger partial charge in [0, 0.05) is 12.6 Å². The molecule has 0 saturated heterocycles. The van der Waals surface area contributed by atoms with Crippen LogP contribution in [0.4, 0.5) is 0 Å². The van der Waals surface area contributed by atoms with E-state index in [4.69, 9.17) is 9.47 Å². The summed E-state index contributed by atoms with van der Waals surface area (Å²) in [5.74, 6) is 1.56. The number of ether oxygens (including phenoxy) is 2. The predicted octanol–water partition coefficient (Wildman–Crippen LogP) is 3.98. The minimum absolute atomic E-state index is 0.00293. The van der Waals surface area contributed by atoms with Gasteiger partial charge in [-0.05, 0) is 57.7 Å². The first-order chi connectivity index (χ1) is 13.6. The average Bonchev–Trinajstić information content (AvgIpc) is 2.71. The quantitative estimate of drug-likeness (QED) is 0.429. The largest absolute Gasteiger partial charge is 0.508 e. The minimum Gasteiger partial charge on any atom is -0.508 e. The summed E-state index contributed by atoms with van der Waals surface area (Å²) < 4.78 is 12.2. The van der Waals surface area contributed by atoms with Gasteiger partial charge in [0.2, 0.25) is 0 Å². The number of phenols is 1. The van der Waals surface area contributed by atoms with E-state index in [-0.39, 0.29) is 18.4 Å². The molecule has 3 N–H and O–H groups in total. The van der Waals surface area contributed by atoms with Crippen LogP contribution in [0.25, 0.3) is 0 Å². The second-order valence-electron chi connectivity index (χ2n) is 6.24. The van der Waals surface area contributed by atoms with Crippen molar-refractivity contribution in [1.29, 1.82) is 0 Å². The summed E-state index contributed by atoms with van der Waals surface area (Å²) in [5.41, 5.74) is 2.00. The molecule has 150 valence electrons. The first kappa shape index (κ1) is 22.0. The Hall–Kier alpha value is -2.28. The molecule has 0 radical (unpaired) electrons. The second kappa shape index (κ2) is 11.5.